The number of hydrogen-bond acceptors (Lipinski definition) is 3. The molecule has 0 saturated carbocycles. The first-order valence-electron chi connectivity index (χ1n) is 5.99. The Labute approximate surface area is 103 Å². The van der Waals surface area contributed by atoms with Gasteiger partial charge in [0, 0.05) is 12.1 Å². The maximum atomic E-state index is 11.4. The van der Waals surface area contributed by atoms with E-state index in [1.165, 1.54) is 11.1 Å². The van der Waals surface area contributed by atoms with Crippen molar-refractivity contribution in [3.63, 3.8) is 0 Å². The Bertz CT molecular complexity index is 479. The van der Waals surface area contributed by atoms with Crippen LogP contribution in [0.2, 0.25) is 0 Å². The normalized spacial score (nSPS) is 24.7. The number of benzene rings is 1. The summed E-state index contributed by atoms with van der Waals surface area (Å²) in [6.45, 7) is 4.14. The number of hydrogen-bond donors (Lipinski definition) is 1. The smallest absolute Gasteiger partial charge is 0.151 e. The highest BCUT2D eigenvalue weighted by Crippen LogP contribution is 2.18. The van der Waals surface area contributed by atoms with Gasteiger partial charge in [-0.05, 0) is 25.8 Å². The minimum Gasteiger partial charge on any atom is -0.306 e. The first-order chi connectivity index (χ1) is 7.96. The second-order valence-corrected chi connectivity index (χ2v) is 7.13. The van der Waals surface area contributed by atoms with Crippen LogP contribution in [0.1, 0.15) is 30.5 Å². The van der Waals surface area contributed by atoms with Gasteiger partial charge in [-0.2, -0.15) is 0 Å². The molecular formula is C13H19NO2S. The van der Waals surface area contributed by atoms with Crippen molar-refractivity contribution in [3.05, 3.63) is 35.4 Å². The summed E-state index contributed by atoms with van der Waals surface area (Å²) in [5.74, 6) is 0.606. The molecule has 0 bridgehead atoms. The standard InChI is InChI=1S/C13H19NO2S/c1-10-3-5-12(6-4-10)11(2)14-13-7-8-17(15,16)9-13/h3-6,11,13-14H,7-9H2,1-2H3/t11-,13?/m1/s1. The summed E-state index contributed by atoms with van der Waals surface area (Å²) in [7, 11) is -2.79. The van der Waals surface area contributed by atoms with Crippen molar-refractivity contribution in [2.75, 3.05) is 11.5 Å². The van der Waals surface area contributed by atoms with Crippen LogP contribution in [0, 0.1) is 6.92 Å². The molecule has 3 nitrogen and oxygen atoms in total. The predicted molar refractivity (Wildman–Crippen MR) is 69.8 cm³/mol. The molecule has 0 amide bonds. The van der Waals surface area contributed by atoms with Gasteiger partial charge in [-0.25, -0.2) is 8.42 Å². The van der Waals surface area contributed by atoms with E-state index in [0.717, 1.165) is 6.42 Å². The Morgan fingerprint density at radius 1 is 1.29 bits per heavy atom. The van der Waals surface area contributed by atoms with Crippen molar-refractivity contribution in [2.24, 2.45) is 0 Å². The average molecular weight is 253 g/mol. The molecular weight excluding hydrogens is 234 g/mol. The fraction of sp³-hybridized carbons (Fsp3) is 0.538. The summed E-state index contributed by atoms with van der Waals surface area (Å²) in [4.78, 5) is 0. The average Bonchev–Trinajstić information content (AvgIpc) is 2.59. The second-order valence-electron chi connectivity index (χ2n) is 4.90. The van der Waals surface area contributed by atoms with Gasteiger partial charge in [-0.1, -0.05) is 29.8 Å². The van der Waals surface area contributed by atoms with Crippen LogP contribution in [-0.2, 0) is 9.84 Å². The molecule has 1 aliphatic rings. The fourth-order valence-electron chi connectivity index (χ4n) is 2.23. The third-order valence-electron chi connectivity index (χ3n) is 3.30. The van der Waals surface area contributed by atoms with E-state index in [1.54, 1.807) is 0 Å². The molecule has 0 aromatic heterocycles. The molecule has 1 saturated heterocycles. The van der Waals surface area contributed by atoms with Crippen LogP contribution in [0.3, 0.4) is 0 Å². The van der Waals surface area contributed by atoms with E-state index >= 15 is 0 Å². The largest absolute Gasteiger partial charge is 0.306 e. The predicted octanol–water partition coefficient (Wildman–Crippen LogP) is 1.83. The Hall–Kier alpha value is -0.870. The highest BCUT2D eigenvalue weighted by Gasteiger charge is 2.28. The second kappa shape index (κ2) is 4.78. The van der Waals surface area contributed by atoms with Crippen LogP contribution >= 0.6 is 0 Å². The molecule has 0 radical (unpaired) electrons. The van der Waals surface area contributed by atoms with Crippen molar-refractivity contribution in [3.8, 4) is 0 Å². The van der Waals surface area contributed by atoms with Gasteiger partial charge < -0.3 is 5.32 Å². The molecule has 1 aliphatic heterocycles. The highest BCUT2D eigenvalue weighted by atomic mass is 32.2. The number of aryl methyl sites for hydroxylation is 1. The molecule has 1 N–H and O–H groups in total. The van der Waals surface area contributed by atoms with E-state index in [1.807, 2.05) is 0 Å². The third kappa shape index (κ3) is 3.30. The summed E-state index contributed by atoms with van der Waals surface area (Å²) in [6, 6.07) is 8.66. The summed E-state index contributed by atoms with van der Waals surface area (Å²) in [6.07, 6.45) is 0.735. The highest BCUT2D eigenvalue weighted by molar-refractivity contribution is 7.91. The molecule has 1 fully saturated rings. The van der Waals surface area contributed by atoms with Gasteiger partial charge >= 0.3 is 0 Å². The number of rotatable bonds is 3. The molecule has 1 aromatic rings. The van der Waals surface area contributed by atoms with E-state index < -0.39 is 9.84 Å². The summed E-state index contributed by atoms with van der Waals surface area (Å²) < 4.78 is 22.7. The van der Waals surface area contributed by atoms with Crippen molar-refractivity contribution >= 4 is 9.84 Å². The number of nitrogens with one attached hydrogen (secondary N) is 1. The molecule has 4 heteroatoms. The van der Waals surface area contributed by atoms with Crippen molar-refractivity contribution in [2.45, 2.75) is 32.4 Å². The van der Waals surface area contributed by atoms with Crippen LogP contribution in [0.25, 0.3) is 0 Å². The minimum atomic E-state index is -2.79. The van der Waals surface area contributed by atoms with E-state index in [2.05, 4.69) is 43.4 Å². The topological polar surface area (TPSA) is 46.2 Å². The Balaban J connectivity index is 1.98. The summed E-state index contributed by atoms with van der Waals surface area (Å²) in [5, 5.41) is 3.39. The summed E-state index contributed by atoms with van der Waals surface area (Å²) in [5.41, 5.74) is 2.45. The maximum Gasteiger partial charge on any atom is 0.151 e. The first-order valence-corrected chi connectivity index (χ1v) is 7.81. The van der Waals surface area contributed by atoms with Gasteiger partial charge in [0.05, 0.1) is 11.5 Å². The number of sulfone groups is 1. The zero-order valence-electron chi connectivity index (χ0n) is 10.3. The lowest BCUT2D eigenvalue weighted by molar-refractivity contribution is 0.485. The third-order valence-corrected chi connectivity index (χ3v) is 5.06. The van der Waals surface area contributed by atoms with Gasteiger partial charge in [-0.15, -0.1) is 0 Å². The van der Waals surface area contributed by atoms with Gasteiger partial charge in [0.25, 0.3) is 0 Å². The Kier molecular flexibility index (Phi) is 3.54. The van der Waals surface area contributed by atoms with Gasteiger partial charge in [-0.3, -0.25) is 0 Å². The molecule has 94 valence electrons. The molecule has 2 atom stereocenters. The van der Waals surface area contributed by atoms with E-state index in [-0.39, 0.29) is 17.8 Å². The Morgan fingerprint density at radius 3 is 2.47 bits per heavy atom. The van der Waals surface area contributed by atoms with Crippen LogP contribution in [0.15, 0.2) is 24.3 Å². The molecule has 0 spiro atoms. The monoisotopic (exact) mass is 253 g/mol. The van der Waals surface area contributed by atoms with E-state index in [4.69, 9.17) is 0 Å². The van der Waals surface area contributed by atoms with Crippen LogP contribution < -0.4 is 5.32 Å². The lowest BCUT2D eigenvalue weighted by atomic mass is 10.1. The molecule has 1 aromatic carbocycles. The molecule has 17 heavy (non-hydrogen) atoms. The van der Waals surface area contributed by atoms with Crippen LogP contribution in [-0.4, -0.2) is 26.0 Å². The fourth-order valence-corrected chi connectivity index (χ4v) is 3.92. The van der Waals surface area contributed by atoms with Crippen molar-refractivity contribution in [1.29, 1.82) is 0 Å². The molecule has 2 rings (SSSR count). The zero-order valence-corrected chi connectivity index (χ0v) is 11.1. The van der Waals surface area contributed by atoms with Gasteiger partial charge in [0.2, 0.25) is 0 Å². The van der Waals surface area contributed by atoms with Crippen molar-refractivity contribution in [1.82, 2.24) is 5.32 Å². The first kappa shape index (κ1) is 12.6. The van der Waals surface area contributed by atoms with Crippen molar-refractivity contribution < 1.29 is 8.42 Å². The SMILES string of the molecule is Cc1ccc([C@@H](C)NC2CCS(=O)(=O)C2)cc1. The van der Waals surface area contributed by atoms with Gasteiger partial charge in [0.15, 0.2) is 9.84 Å². The van der Waals surface area contributed by atoms with E-state index in [9.17, 15) is 8.42 Å². The van der Waals surface area contributed by atoms with Crippen LogP contribution in [0.5, 0.6) is 0 Å². The molecule has 1 unspecified atom stereocenters. The quantitative estimate of drug-likeness (QED) is 0.894. The van der Waals surface area contributed by atoms with E-state index in [0.29, 0.717) is 5.75 Å². The molecule has 1 heterocycles. The lowest BCUT2D eigenvalue weighted by Crippen LogP contribution is -2.32. The lowest BCUT2D eigenvalue weighted by Gasteiger charge is -2.18. The zero-order chi connectivity index (χ0) is 12.5. The molecule has 0 aliphatic carbocycles. The minimum absolute atomic E-state index is 0.108. The Morgan fingerprint density at radius 2 is 1.94 bits per heavy atom. The van der Waals surface area contributed by atoms with Gasteiger partial charge in [0.1, 0.15) is 0 Å². The summed E-state index contributed by atoms with van der Waals surface area (Å²) >= 11 is 0. The van der Waals surface area contributed by atoms with Crippen LogP contribution in [0.4, 0.5) is 0 Å². The maximum absolute atomic E-state index is 11.4.